The molecule has 1 fully saturated rings. The number of carbonyl (C=O) groups excluding carboxylic acids is 3. The fraction of sp³-hybridized carbons (Fsp3) is 0.214. The molecule has 1 unspecified atom stereocenters. The van der Waals surface area contributed by atoms with Gasteiger partial charge in [0.2, 0.25) is 5.91 Å². The number of amides is 2. The van der Waals surface area contributed by atoms with E-state index in [2.05, 4.69) is 18.2 Å². The second-order valence-corrected chi connectivity index (χ2v) is 8.72. The summed E-state index contributed by atoms with van der Waals surface area (Å²) >= 11 is 1.53. The number of thioether (sulfide) groups is 1. The summed E-state index contributed by atoms with van der Waals surface area (Å²) in [6.07, 6.45) is 8.63. The second-order valence-electron chi connectivity index (χ2n) is 7.61. The molecule has 0 spiro atoms. The van der Waals surface area contributed by atoms with Gasteiger partial charge in [-0.05, 0) is 17.0 Å². The van der Waals surface area contributed by atoms with E-state index in [4.69, 9.17) is 14.6 Å². The van der Waals surface area contributed by atoms with Crippen LogP contribution in [0.5, 0.6) is 5.75 Å². The Morgan fingerprint density at radius 1 is 1.05 bits per heavy atom. The molecule has 0 bridgehead atoms. The average Bonchev–Trinajstić information content (AvgIpc) is 3.37. The van der Waals surface area contributed by atoms with Crippen molar-refractivity contribution >= 4 is 46.6 Å². The van der Waals surface area contributed by atoms with E-state index in [9.17, 15) is 14.4 Å². The first-order chi connectivity index (χ1) is 17.9. The summed E-state index contributed by atoms with van der Waals surface area (Å²) in [4.78, 5) is 47.1. The molecule has 1 aliphatic rings. The van der Waals surface area contributed by atoms with Gasteiger partial charge in [-0.1, -0.05) is 66.7 Å². The lowest BCUT2D eigenvalue weighted by atomic mass is 10.1. The van der Waals surface area contributed by atoms with Crippen molar-refractivity contribution in [3.8, 4) is 18.6 Å². The minimum Gasteiger partial charge on any atom is -0.483 e. The van der Waals surface area contributed by atoms with E-state index in [1.54, 1.807) is 4.90 Å². The molecule has 1 saturated heterocycles. The number of aliphatic carboxylic acids is 1. The molecule has 0 saturated carbocycles. The molecule has 1 heterocycles. The third-order valence-corrected chi connectivity index (χ3v) is 6.46. The summed E-state index contributed by atoms with van der Waals surface area (Å²) in [5.41, 5.74) is 0.941. The molecule has 3 aromatic rings. The van der Waals surface area contributed by atoms with Crippen molar-refractivity contribution in [2.75, 3.05) is 18.9 Å². The lowest BCUT2D eigenvalue weighted by molar-refractivity contribution is -0.141. The quantitative estimate of drug-likeness (QED) is 0.362. The van der Waals surface area contributed by atoms with E-state index in [0.29, 0.717) is 17.8 Å². The van der Waals surface area contributed by atoms with Crippen LogP contribution in [0.4, 0.5) is 0 Å². The molecule has 2 amide bonds. The number of rotatable bonds is 7. The van der Waals surface area contributed by atoms with Crippen LogP contribution in [0.3, 0.4) is 0 Å². The van der Waals surface area contributed by atoms with Crippen LogP contribution >= 0.6 is 11.8 Å². The van der Waals surface area contributed by atoms with Crippen molar-refractivity contribution in [1.29, 1.82) is 0 Å². The number of ether oxygens (including phenoxy) is 1. The summed E-state index contributed by atoms with van der Waals surface area (Å²) in [5.74, 6) is -0.379. The molecule has 3 aromatic carbocycles. The van der Waals surface area contributed by atoms with Gasteiger partial charge in [-0.3, -0.25) is 14.4 Å². The summed E-state index contributed by atoms with van der Waals surface area (Å²) in [5, 5.41) is 11.6. The van der Waals surface area contributed by atoms with Crippen molar-refractivity contribution in [3.63, 3.8) is 0 Å². The predicted molar refractivity (Wildman–Crippen MR) is 144 cm³/mol. The lowest BCUT2D eigenvalue weighted by Crippen LogP contribution is -2.49. The van der Waals surface area contributed by atoms with Crippen LogP contribution in [-0.2, 0) is 19.2 Å². The monoisotopic (exact) mass is 520 g/mol. The molecule has 1 aliphatic heterocycles. The number of nitrogens with zero attached hydrogens (tertiary/aromatic N) is 1. The molecule has 0 aliphatic carbocycles. The summed E-state index contributed by atoms with van der Waals surface area (Å²) in [6, 6.07) is 22.4. The molecule has 37 heavy (non-hydrogen) atoms. The van der Waals surface area contributed by atoms with Gasteiger partial charge in [-0.15, -0.1) is 24.6 Å². The molecule has 192 valence electrons. The zero-order chi connectivity index (χ0) is 27.2. The zero-order valence-corrected chi connectivity index (χ0v) is 21.1. The van der Waals surface area contributed by atoms with E-state index in [0.717, 1.165) is 23.3 Å². The highest BCUT2D eigenvalue weighted by Gasteiger charge is 2.42. The highest BCUT2D eigenvalue weighted by atomic mass is 32.2. The molecule has 8 nitrogen and oxygen atoms in total. The SMILES string of the molecule is C#C.CC(=O)O.O=CCNC(=O)[C@@H]1CSC(c2ccccc2)N1C(=O)COc1cccc2ccccc12. The maximum atomic E-state index is 13.3. The Bertz CT molecular complexity index is 1220. The van der Waals surface area contributed by atoms with Gasteiger partial charge in [0.05, 0.1) is 6.54 Å². The van der Waals surface area contributed by atoms with Gasteiger partial charge in [-0.25, -0.2) is 0 Å². The standard InChI is InChI=1S/C24H22N2O4S.C2H4O2.C2H2/c27-14-13-25-23(29)20-16-31-24(18-8-2-1-3-9-18)26(20)22(28)15-30-21-12-6-10-17-7-4-5-11-19(17)21;1-2(3)4;1-2/h1-12,14,20,24H,13,15-16H2,(H,25,29);1H3,(H,3,4);1-2H/t20-,24?;;/m0../s1. The fourth-order valence-corrected chi connectivity index (χ4v) is 5.13. The number of benzene rings is 3. The first kappa shape index (κ1) is 28.9. The Hall–Kier alpha value is -4.29. The summed E-state index contributed by atoms with van der Waals surface area (Å²) < 4.78 is 5.90. The van der Waals surface area contributed by atoms with E-state index >= 15 is 0 Å². The number of aldehydes is 1. The zero-order valence-electron chi connectivity index (χ0n) is 20.3. The normalized spacial score (nSPS) is 15.8. The van der Waals surface area contributed by atoms with E-state index in [1.807, 2.05) is 72.8 Å². The number of hydrogen-bond acceptors (Lipinski definition) is 6. The molecule has 2 atom stereocenters. The highest BCUT2D eigenvalue weighted by Crippen LogP contribution is 2.41. The van der Waals surface area contributed by atoms with E-state index < -0.39 is 12.0 Å². The number of carboxylic acid groups (broad SMARTS) is 1. The van der Waals surface area contributed by atoms with E-state index in [-0.39, 0.29) is 30.3 Å². The number of nitrogens with one attached hydrogen (secondary N) is 1. The third-order valence-electron chi connectivity index (χ3n) is 5.14. The number of carbonyl (C=O) groups is 4. The van der Waals surface area contributed by atoms with Crippen LogP contribution < -0.4 is 10.1 Å². The van der Waals surface area contributed by atoms with Crippen molar-refractivity contribution in [2.45, 2.75) is 18.3 Å². The van der Waals surface area contributed by atoms with Gasteiger partial charge in [-0.2, -0.15) is 0 Å². The van der Waals surface area contributed by atoms with Crippen LogP contribution in [0.2, 0.25) is 0 Å². The van der Waals surface area contributed by atoms with Gasteiger partial charge >= 0.3 is 0 Å². The maximum absolute atomic E-state index is 13.3. The lowest BCUT2D eigenvalue weighted by Gasteiger charge is -2.29. The Labute approximate surface area is 220 Å². The molecule has 0 aromatic heterocycles. The third kappa shape index (κ3) is 8.12. The minimum atomic E-state index is -0.833. The topological polar surface area (TPSA) is 113 Å². The van der Waals surface area contributed by atoms with Crippen LogP contribution in [0.1, 0.15) is 17.9 Å². The first-order valence-corrected chi connectivity index (χ1v) is 12.3. The van der Waals surface area contributed by atoms with E-state index in [1.165, 1.54) is 11.8 Å². The smallest absolute Gasteiger partial charge is 0.300 e. The van der Waals surface area contributed by atoms with Gasteiger partial charge < -0.3 is 24.9 Å². The number of carboxylic acids is 1. The van der Waals surface area contributed by atoms with Crippen LogP contribution in [0, 0.1) is 12.8 Å². The molecule has 4 rings (SSSR count). The highest BCUT2D eigenvalue weighted by molar-refractivity contribution is 7.99. The Kier molecular flexibility index (Phi) is 11.7. The van der Waals surface area contributed by atoms with Gasteiger partial charge in [0.1, 0.15) is 23.5 Å². The summed E-state index contributed by atoms with van der Waals surface area (Å²) in [7, 11) is 0. The van der Waals surface area contributed by atoms with Crippen LogP contribution in [0.25, 0.3) is 10.8 Å². The van der Waals surface area contributed by atoms with Crippen LogP contribution in [0.15, 0.2) is 72.8 Å². The molecule has 2 N–H and O–H groups in total. The molecule has 9 heteroatoms. The van der Waals surface area contributed by atoms with Gasteiger partial charge in [0.25, 0.3) is 11.9 Å². The number of fused-ring (bicyclic) bond motifs is 1. The fourth-order valence-electron chi connectivity index (χ4n) is 3.68. The summed E-state index contributed by atoms with van der Waals surface area (Å²) in [6.45, 7) is 0.819. The Balaban J connectivity index is 0.000000733. The Morgan fingerprint density at radius 3 is 2.35 bits per heavy atom. The maximum Gasteiger partial charge on any atom is 0.300 e. The number of hydrogen-bond donors (Lipinski definition) is 2. The largest absolute Gasteiger partial charge is 0.483 e. The average molecular weight is 521 g/mol. The van der Waals surface area contributed by atoms with Crippen molar-refractivity contribution in [1.82, 2.24) is 10.2 Å². The van der Waals surface area contributed by atoms with Crippen molar-refractivity contribution in [2.24, 2.45) is 0 Å². The first-order valence-electron chi connectivity index (χ1n) is 11.2. The molecular formula is C28H28N2O6S. The Morgan fingerprint density at radius 2 is 1.68 bits per heavy atom. The predicted octanol–water partition coefficient (Wildman–Crippen LogP) is 3.52. The van der Waals surface area contributed by atoms with Crippen LogP contribution in [-0.4, -0.2) is 59.0 Å². The second kappa shape index (κ2) is 15.0. The number of terminal acetylenes is 1. The van der Waals surface area contributed by atoms with Crippen molar-refractivity contribution in [3.05, 3.63) is 78.4 Å². The van der Waals surface area contributed by atoms with Gasteiger partial charge in [0.15, 0.2) is 6.61 Å². The molecule has 0 radical (unpaired) electrons. The minimum absolute atomic E-state index is 0.0788. The molecular weight excluding hydrogens is 492 g/mol. The van der Waals surface area contributed by atoms with Crippen molar-refractivity contribution < 1.29 is 29.0 Å². The van der Waals surface area contributed by atoms with Gasteiger partial charge in [0, 0.05) is 18.1 Å².